The topological polar surface area (TPSA) is 52.6 Å². The molecule has 0 aliphatic carbocycles. The number of carboxylic acid groups (broad SMARTS) is 1. The second-order valence-electron chi connectivity index (χ2n) is 7.11. The van der Waals surface area contributed by atoms with E-state index in [1.165, 1.54) is 0 Å². The number of hydrogen-bond donors (Lipinski definition) is 2. The number of hydrogen-bond acceptors (Lipinski definition) is 2. The van der Waals surface area contributed by atoms with Crippen LogP contribution in [0.3, 0.4) is 0 Å². The second kappa shape index (κ2) is 6.47. The quantitative estimate of drug-likeness (QED) is 0.886. The molecule has 0 spiro atoms. The van der Waals surface area contributed by atoms with Crippen molar-refractivity contribution in [2.45, 2.75) is 52.7 Å². The van der Waals surface area contributed by atoms with Crippen LogP contribution in [0.25, 0.3) is 0 Å². The molecule has 1 amide bonds. The highest BCUT2D eigenvalue weighted by Gasteiger charge is 2.43. The minimum Gasteiger partial charge on any atom is -0.465 e. The van der Waals surface area contributed by atoms with E-state index in [2.05, 4.69) is 26.1 Å². The first kappa shape index (κ1) is 17.1. The standard InChI is InChI=1S/C17H25ClN2O2/c1-11-6-5-7-12(14(11)18)10-19-13-8-9-20(16(21)22)15(13)17(2,3)4/h5-7,13,15,19H,8-10H2,1-4H3,(H,21,22)/t13-,15?/m0/s1. The number of rotatable bonds is 3. The number of benzene rings is 1. The Morgan fingerprint density at radius 2 is 2.14 bits per heavy atom. The predicted octanol–water partition coefficient (Wildman–Crippen LogP) is 3.91. The molecule has 1 saturated heterocycles. The molecule has 122 valence electrons. The van der Waals surface area contributed by atoms with Crippen molar-refractivity contribution in [1.29, 1.82) is 0 Å². The van der Waals surface area contributed by atoms with Crippen LogP contribution in [-0.2, 0) is 6.54 Å². The molecule has 5 heteroatoms. The van der Waals surface area contributed by atoms with Crippen molar-refractivity contribution in [1.82, 2.24) is 10.2 Å². The molecule has 1 fully saturated rings. The summed E-state index contributed by atoms with van der Waals surface area (Å²) in [6.07, 6.45) is -0.00434. The van der Waals surface area contributed by atoms with Crippen LogP contribution < -0.4 is 5.32 Å². The average molecular weight is 325 g/mol. The summed E-state index contributed by atoms with van der Waals surface area (Å²) in [6, 6.07) is 6.11. The molecular formula is C17H25ClN2O2. The van der Waals surface area contributed by atoms with Crippen molar-refractivity contribution in [2.24, 2.45) is 5.41 Å². The van der Waals surface area contributed by atoms with Gasteiger partial charge in [0.25, 0.3) is 0 Å². The highest BCUT2D eigenvalue weighted by atomic mass is 35.5. The maximum absolute atomic E-state index is 11.5. The number of nitrogens with one attached hydrogen (secondary N) is 1. The van der Waals surface area contributed by atoms with E-state index in [0.717, 1.165) is 22.6 Å². The first-order valence-electron chi connectivity index (χ1n) is 7.68. The lowest BCUT2D eigenvalue weighted by molar-refractivity contribution is 0.0970. The van der Waals surface area contributed by atoms with Gasteiger partial charge in [-0.3, -0.25) is 0 Å². The average Bonchev–Trinajstić information content (AvgIpc) is 2.84. The van der Waals surface area contributed by atoms with Crippen LogP contribution in [0.2, 0.25) is 5.02 Å². The van der Waals surface area contributed by atoms with E-state index in [1.807, 2.05) is 25.1 Å². The lowest BCUT2D eigenvalue weighted by Gasteiger charge is -2.37. The summed E-state index contributed by atoms with van der Waals surface area (Å²) in [5, 5.41) is 13.7. The van der Waals surface area contributed by atoms with Gasteiger partial charge in [-0.15, -0.1) is 0 Å². The van der Waals surface area contributed by atoms with Crippen LogP contribution in [0.15, 0.2) is 18.2 Å². The lowest BCUT2D eigenvalue weighted by atomic mass is 9.82. The molecule has 1 aromatic carbocycles. The third-order valence-electron chi connectivity index (χ3n) is 4.36. The van der Waals surface area contributed by atoms with Crippen LogP contribution >= 0.6 is 11.6 Å². The fourth-order valence-corrected chi connectivity index (χ4v) is 3.57. The van der Waals surface area contributed by atoms with Crippen molar-refractivity contribution in [3.05, 3.63) is 34.3 Å². The Morgan fingerprint density at radius 1 is 1.45 bits per heavy atom. The third-order valence-corrected chi connectivity index (χ3v) is 4.90. The number of carbonyl (C=O) groups is 1. The summed E-state index contributed by atoms with van der Waals surface area (Å²) in [5.74, 6) is 0. The van der Waals surface area contributed by atoms with Gasteiger partial charge in [-0.2, -0.15) is 0 Å². The fourth-order valence-electron chi connectivity index (χ4n) is 3.38. The summed E-state index contributed by atoms with van der Waals surface area (Å²) in [7, 11) is 0. The summed E-state index contributed by atoms with van der Waals surface area (Å²) in [5.41, 5.74) is 2.01. The van der Waals surface area contributed by atoms with E-state index in [1.54, 1.807) is 4.90 Å². The van der Waals surface area contributed by atoms with Gasteiger partial charge in [0.2, 0.25) is 0 Å². The van der Waals surface area contributed by atoms with Crippen molar-refractivity contribution in [2.75, 3.05) is 6.54 Å². The molecule has 1 heterocycles. The van der Waals surface area contributed by atoms with Crippen LogP contribution in [-0.4, -0.2) is 34.7 Å². The summed E-state index contributed by atoms with van der Waals surface area (Å²) in [6.45, 7) is 9.50. The molecule has 0 aromatic heterocycles. The first-order chi connectivity index (χ1) is 10.2. The van der Waals surface area contributed by atoms with Gasteiger partial charge in [-0.25, -0.2) is 4.79 Å². The molecule has 1 unspecified atom stereocenters. The smallest absolute Gasteiger partial charge is 0.407 e. The van der Waals surface area contributed by atoms with Crippen LogP contribution in [0.5, 0.6) is 0 Å². The molecule has 22 heavy (non-hydrogen) atoms. The Morgan fingerprint density at radius 3 is 2.73 bits per heavy atom. The van der Waals surface area contributed by atoms with Crippen LogP contribution in [0.4, 0.5) is 4.79 Å². The third kappa shape index (κ3) is 3.55. The van der Waals surface area contributed by atoms with Gasteiger partial charge >= 0.3 is 6.09 Å². The van der Waals surface area contributed by atoms with Crippen molar-refractivity contribution in [3.8, 4) is 0 Å². The summed E-state index contributed by atoms with van der Waals surface area (Å²) >= 11 is 6.34. The molecule has 1 aliphatic heterocycles. The number of amides is 1. The Kier molecular flexibility index (Phi) is 5.03. The van der Waals surface area contributed by atoms with E-state index < -0.39 is 6.09 Å². The lowest BCUT2D eigenvalue weighted by Crippen LogP contribution is -2.51. The maximum Gasteiger partial charge on any atom is 0.407 e. The van der Waals surface area contributed by atoms with Crippen LogP contribution in [0.1, 0.15) is 38.3 Å². The SMILES string of the molecule is Cc1cccc(CN[C@H]2CCN(C(=O)O)C2C(C)(C)C)c1Cl. The number of likely N-dealkylation sites (tertiary alicyclic amines) is 1. The monoisotopic (exact) mass is 324 g/mol. The zero-order valence-corrected chi connectivity index (χ0v) is 14.4. The molecule has 2 N–H and O–H groups in total. The molecule has 0 bridgehead atoms. The molecule has 0 saturated carbocycles. The first-order valence-corrected chi connectivity index (χ1v) is 8.06. The van der Waals surface area contributed by atoms with Crippen molar-refractivity contribution < 1.29 is 9.90 Å². The molecule has 1 aromatic rings. The molecule has 4 nitrogen and oxygen atoms in total. The summed E-state index contributed by atoms with van der Waals surface area (Å²) < 4.78 is 0. The van der Waals surface area contributed by atoms with Crippen LogP contribution in [0, 0.1) is 12.3 Å². The zero-order chi connectivity index (χ0) is 16.5. The van der Waals surface area contributed by atoms with E-state index in [-0.39, 0.29) is 17.5 Å². The highest BCUT2D eigenvalue weighted by Crippen LogP contribution is 2.33. The van der Waals surface area contributed by atoms with E-state index in [9.17, 15) is 9.90 Å². The molecule has 1 aliphatic rings. The summed E-state index contributed by atoms with van der Waals surface area (Å²) in [4.78, 5) is 13.0. The van der Waals surface area contributed by atoms with Gasteiger partial charge in [0.15, 0.2) is 0 Å². The normalized spacial score (nSPS) is 22.1. The van der Waals surface area contributed by atoms with E-state index >= 15 is 0 Å². The van der Waals surface area contributed by atoms with E-state index in [4.69, 9.17) is 11.6 Å². The number of nitrogens with zero attached hydrogens (tertiary/aromatic N) is 1. The number of aryl methyl sites for hydroxylation is 1. The number of halogens is 1. The Bertz CT molecular complexity index is 554. The Balaban J connectivity index is 2.11. The Labute approximate surface area is 137 Å². The van der Waals surface area contributed by atoms with Gasteiger partial charge in [-0.05, 0) is 29.9 Å². The van der Waals surface area contributed by atoms with Gasteiger partial charge in [-0.1, -0.05) is 50.6 Å². The van der Waals surface area contributed by atoms with Crippen molar-refractivity contribution in [3.63, 3.8) is 0 Å². The van der Waals surface area contributed by atoms with Crippen molar-refractivity contribution >= 4 is 17.7 Å². The van der Waals surface area contributed by atoms with Gasteiger partial charge in [0, 0.05) is 24.2 Å². The zero-order valence-electron chi connectivity index (χ0n) is 13.7. The largest absolute Gasteiger partial charge is 0.465 e. The Hall–Kier alpha value is -1.26. The minimum atomic E-state index is -0.835. The molecular weight excluding hydrogens is 300 g/mol. The molecule has 0 radical (unpaired) electrons. The van der Waals surface area contributed by atoms with Gasteiger partial charge < -0.3 is 15.3 Å². The van der Waals surface area contributed by atoms with E-state index in [0.29, 0.717) is 13.1 Å². The molecule has 2 rings (SSSR count). The minimum absolute atomic E-state index is 0.0337. The fraction of sp³-hybridized carbons (Fsp3) is 0.588. The van der Waals surface area contributed by atoms with Gasteiger partial charge in [0.1, 0.15) is 0 Å². The second-order valence-corrected chi connectivity index (χ2v) is 7.49. The predicted molar refractivity (Wildman–Crippen MR) is 89.4 cm³/mol. The molecule has 2 atom stereocenters. The highest BCUT2D eigenvalue weighted by molar-refractivity contribution is 6.32. The maximum atomic E-state index is 11.5. The van der Waals surface area contributed by atoms with Gasteiger partial charge in [0.05, 0.1) is 6.04 Å².